The summed E-state index contributed by atoms with van der Waals surface area (Å²) in [6.07, 6.45) is -0.962. The first kappa shape index (κ1) is 34.2. The highest BCUT2D eigenvalue weighted by molar-refractivity contribution is 5.94. The van der Waals surface area contributed by atoms with Crippen molar-refractivity contribution in [3.05, 3.63) is 167 Å². The number of carbonyl (C=O) groups is 1. The molecular weight excluding hydrogens is 612 g/mol. The molecule has 6 rings (SSSR count). The minimum atomic E-state index is -0.634. The fraction of sp³-hybridized carbons (Fsp3) is 0.262. The van der Waals surface area contributed by atoms with E-state index in [0.29, 0.717) is 25.1 Å². The summed E-state index contributed by atoms with van der Waals surface area (Å²) in [4.78, 5) is 14.9. The highest BCUT2D eigenvalue weighted by Crippen LogP contribution is 2.39. The van der Waals surface area contributed by atoms with Crippen molar-refractivity contribution in [2.24, 2.45) is 0 Å². The zero-order valence-electron chi connectivity index (χ0n) is 28.0. The van der Waals surface area contributed by atoms with Gasteiger partial charge in [-0.3, -0.25) is 9.69 Å². The molecule has 49 heavy (non-hydrogen) atoms. The number of benzene rings is 5. The molecule has 0 bridgehead atoms. The second-order valence-corrected chi connectivity index (χ2v) is 12.7. The average molecular weight is 657 g/mol. The monoisotopic (exact) mass is 656 g/mol. The van der Waals surface area contributed by atoms with E-state index < -0.39 is 12.4 Å². The van der Waals surface area contributed by atoms with Gasteiger partial charge in [-0.15, -0.1) is 0 Å². The van der Waals surface area contributed by atoms with Crippen molar-refractivity contribution in [1.29, 1.82) is 0 Å². The lowest BCUT2D eigenvalue weighted by Gasteiger charge is -2.39. The van der Waals surface area contributed by atoms with Gasteiger partial charge in [0, 0.05) is 36.7 Å². The summed E-state index contributed by atoms with van der Waals surface area (Å²) in [6, 6.07) is 43.0. The number of nitrogens with one attached hydrogen (secondary N) is 1. The van der Waals surface area contributed by atoms with Gasteiger partial charge in [-0.2, -0.15) is 0 Å². The number of rotatable bonds is 12. The first-order valence-corrected chi connectivity index (χ1v) is 16.8. The second kappa shape index (κ2) is 16.2. The number of likely N-dealkylation sites (N-methyl/N-ethyl adjacent to an activating group) is 1. The number of nitrogens with zero attached hydrogens (tertiary/aromatic N) is 1. The third kappa shape index (κ3) is 8.51. The molecule has 1 saturated heterocycles. The Hall–Kier alpha value is -4.63. The van der Waals surface area contributed by atoms with Crippen LogP contribution in [-0.4, -0.2) is 46.8 Å². The fourth-order valence-electron chi connectivity index (χ4n) is 6.33. The van der Waals surface area contributed by atoms with Crippen LogP contribution >= 0.6 is 0 Å². The Balaban J connectivity index is 1.19. The lowest BCUT2D eigenvalue weighted by Crippen LogP contribution is -2.43. The van der Waals surface area contributed by atoms with Crippen LogP contribution in [0.5, 0.6) is 0 Å². The van der Waals surface area contributed by atoms with Crippen molar-refractivity contribution in [1.82, 2.24) is 10.2 Å². The molecule has 1 fully saturated rings. The molecule has 0 aliphatic carbocycles. The average Bonchev–Trinajstić information content (AvgIpc) is 3.17. The van der Waals surface area contributed by atoms with E-state index in [1.807, 2.05) is 117 Å². The van der Waals surface area contributed by atoms with Crippen LogP contribution in [0.15, 0.2) is 133 Å². The molecule has 0 unspecified atom stereocenters. The molecule has 1 aliphatic heterocycles. The van der Waals surface area contributed by atoms with E-state index in [9.17, 15) is 15.0 Å². The Labute approximate surface area is 288 Å². The zero-order chi connectivity index (χ0) is 34.2. The molecule has 0 radical (unpaired) electrons. The number of amides is 1. The normalized spacial score (nSPS) is 18.9. The summed E-state index contributed by atoms with van der Waals surface area (Å²) in [7, 11) is 2.02. The molecule has 1 heterocycles. The largest absolute Gasteiger partial charge is 0.392 e. The van der Waals surface area contributed by atoms with E-state index in [1.54, 1.807) is 12.1 Å². The first-order valence-electron chi connectivity index (χ1n) is 16.8. The van der Waals surface area contributed by atoms with Gasteiger partial charge >= 0.3 is 0 Å². The Morgan fingerprint density at radius 1 is 0.816 bits per heavy atom. The number of ether oxygens (including phenoxy) is 2. The fourth-order valence-corrected chi connectivity index (χ4v) is 6.33. The van der Waals surface area contributed by atoms with Gasteiger partial charge < -0.3 is 25.0 Å². The van der Waals surface area contributed by atoms with Crippen LogP contribution in [0.3, 0.4) is 0 Å². The Morgan fingerprint density at radius 2 is 1.45 bits per heavy atom. The molecule has 0 aromatic heterocycles. The summed E-state index contributed by atoms with van der Waals surface area (Å²) in [5.74, 6) is -0.109. The van der Waals surface area contributed by atoms with Crippen molar-refractivity contribution in [2.45, 2.75) is 57.1 Å². The topological polar surface area (TPSA) is 91.3 Å². The van der Waals surface area contributed by atoms with E-state index in [4.69, 9.17) is 9.47 Å². The summed E-state index contributed by atoms with van der Waals surface area (Å²) >= 11 is 0. The quantitative estimate of drug-likeness (QED) is 0.130. The minimum absolute atomic E-state index is 0.0124. The molecule has 7 nitrogen and oxygen atoms in total. The third-order valence-corrected chi connectivity index (χ3v) is 9.39. The van der Waals surface area contributed by atoms with Crippen LogP contribution in [0.2, 0.25) is 0 Å². The molecule has 252 valence electrons. The van der Waals surface area contributed by atoms with Crippen LogP contribution < -0.4 is 5.32 Å². The number of aliphatic hydroxyl groups excluding tert-OH is 2. The van der Waals surface area contributed by atoms with Gasteiger partial charge in [-0.1, -0.05) is 121 Å². The van der Waals surface area contributed by atoms with Crippen molar-refractivity contribution in [3.8, 4) is 11.1 Å². The highest BCUT2D eigenvalue weighted by Gasteiger charge is 2.34. The molecule has 5 aromatic rings. The van der Waals surface area contributed by atoms with Gasteiger partial charge in [-0.25, -0.2) is 0 Å². The maximum atomic E-state index is 12.7. The lowest BCUT2D eigenvalue weighted by atomic mass is 9.97. The van der Waals surface area contributed by atoms with Crippen LogP contribution in [0.4, 0.5) is 0 Å². The van der Waals surface area contributed by atoms with E-state index in [-0.39, 0.29) is 30.8 Å². The molecule has 1 amide bonds. The van der Waals surface area contributed by atoms with Crippen LogP contribution in [0, 0.1) is 0 Å². The van der Waals surface area contributed by atoms with Gasteiger partial charge in [0.05, 0.1) is 24.9 Å². The van der Waals surface area contributed by atoms with E-state index in [0.717, 1.165) is 38.9 Å². The summed E-state index contributed by atoms with van der Waals surface area (Å²) in [5, 5.41) is 23.7. The number of carbonyl (C=O) groups excluding carboxylic acids is 1. The van der Waals surface area contributed by atoms with Gasteiger partial charge in [0.2, 0.25) is 0 Å². The Morgan fingerprint density at radius 3 is 2.14 bits per heavy atom. The summed E-state index contributed by atoms with van der Waals surface area (Å²) in [5.41, 5.74) is 7.38. The number of hydrogen-bond acceptors (Lipinski definition) is 6. The second-order valence-electron chi connectivity index (χ2n) is 12.7. The van der Waals surface area contributed by atoms with Crippen LogP contribution in [0.1, 0.15) is 70.0 Å². The van der Waals surface area contributed by atoms with Crippen molar-refractivity contribution in [2.75, 3.05) is 13.6 Å². The number of aliphatic hydroxyl groups is 2. The SMILES string of the molecule is C[C@H]([C@@H](O)c1ccccc1)N(C)C[C@H]1C[C@@H](c2ccc(CO)cc2)O[C@@H](c2ccc(-c3ccccc3CNC(=O)c3ccccc3)cc2)O1. The summed E-state index contributed by atoms with van der Waals surface area (Å²) in [6.45, 7) is 3.03. The van der Waals surface area contributed by atoms with E-state index in [2.05, 4.69) is 28.4 Å². The molecule has 3 N–H and O–H groups in total. The molecule has 1 aliphatic rings. The predicted octanol–water partition coefficient (Wildman–Crippen LogP) is 7.38. The van der Waals surface area contributed by atoms with Crippen LogP contribution in [0.25, 0.3) is 11.1 Å². The van der Waals surface area contributed by atoms with Gasteiger partial charge in [0.15, 0.2) is 6.29 Å². The molecule has 0 saturated carbocycles. The maximum Gasteiger partial charge on any atom is 0.251 e. The molecule has 7 heteroatoms. The predicted molar refractivity (Wildman–Crippen MR) is 191 cm³/mol. The summed E-state index contributed by atoms with van der Waals surface area (Å²) < 4.78 is 13.2. The smallest absolute Gasteiger partial charge is 0.251 e. The lowest BCUT2D eigenvalue weighted by molar-refractivity contribution is -0.253. The first-order chi connectivity index (χ1) is 23.9. The molecular formula is C42H44N2O5. The van der Waals surface area contributed by atoms with Crippen molar-refractivity contribution < 1.29 is 24.5 Å². The van der Waals surface area contributed by atoms with Gasteiger partial charge in [-0.05, 0) is 59.5 Å². The number of hydrogen-bond donors (Lipinski definition) is 3. The van der Waals surface area contributed by atoms with Crippen molar-refractivity contribution in [3.63, 3.8) is 0 Å². The van der Waals surface area contributed by atoms with Crippen molar-refractivity contribution >= 4 is 5.91 Å². The standard InChI is InChI=1S/C42H44N2O5/c1-29(40(46)33-11-5-3-6-12-33)44(2)27-37-25-39(32-19-17-30(28-45)18-20-32)49-42(48-37)35-23-21-31(22-24-35)38-16-10-9-15-36(38)26-43-41(47)34-13-7-4-8-14-34/h3-24,29,37,39-40,42,45-46H,25-28H2,1-2H3,(H,43,47)/t29-,37-,39+,40-,42+/m1/s1. The van der Waals surface area contributed by atoms with E-state index in [1.165, 1.54) is 0 Å². The van der Waals surface area contributed by atoms with Gasteiger partial charge in [0.25, 0.3) is 5.91 Å². The van der Waals surface area contributed by atoms with E-state index >= 15 is 0 Å². The zero-order valence-corrected chi connectivity index (χ0v) is 28.0. The Bertz CT molecular complexity index is 1780. The maximum absolute atomic E-state index is 12.7. The minimum Gasteiger partial charge on any atom is -0.392 e. The molecule has 5 aromatic carbocycles. The third-order valence-electron chi connectivity index (χ3n) is 9.39. The Kier molecular flexibility index (Phi) is 11.3. The molecule has 5 atom stereocenters. The van der Waals surface area contributed by atoms with Crippen LogP contribution in [-0.2, 0) is 22.6 Å². The molecule has 0 spiro atoms. The highest BCUT2D eigenvalue weighted by atomic mass is 16.7. The van der Waals surface area contributed by atoms with Gasteiger partial charge in [0.1, 0.15) is 0 Å².